The van der Waals surface area contributed by atoms with Gasteiger partial charge in [0, 0.05) is 28.1 Å². The molecule has 128 valence electrons. The molecule has 0 unspecified atom stereocenters. The number of thioether (sulfide) groups is 1. The zero-order valence-corrected chi connectivity index (χ0v) is 14.6. The summed E-state index contributed by atoms with van der Waals surface area (Å²) in [6.45, 7) is 2.52. The van der Waals surface area contributed by atoms with Crippen molar-refractivity contribution in [3.8, 4) is 0 Å². The highest BCUT2D eigenvalue weighted by molar-refractivity contribution is 8.02. The Balaban J connectivity index is 1.61. The molecule has 0 spiro atoms. The van der Waals surface area contributed by atoms with E-state index in [1.807, 2.05) is 31.2 Å². The molecule has 6 heteroatoms. The van der Waals surface area contributed by atoms with Crippen molar-refractivity contribution in [1.82, 2.24) is 0 Å². The first-order valence-electron chi connectivity index (χ1n) is 7.86. The lowest BCUT2D eigenvalue weighted by Crippen LogP contribution is -2.19. The van der Waals surface area contributed by atoms with Crippen LogP contribution in [0.25, 0.3) is 0 Å². The molecule has 25 heavy (non-hydrogen) atoms. The number of amides is 2. The quantitative estimate of drug-likeness (QED) is 0.877. The minimum absolute atomic E-state index is 0.198. The van der Waals surface area contributed by atoms with E-state index in [1.165, 1.54) is 0 Å². The minimum Gasteiger partial charge on any atom is -0.487 e. The second-order valence-corrected chi connectivity index (χ2v) is 6.53. The van der Waals surface area contributed by atoms with Gasteiger partial charge in [0.15, 0.2) is 5.76 Å². The van der Waals surface area contributed by atoms with E-state index in [2.05, 4.69) is 10.6 Å². The Morgan fingerprint density at radius 2 is 1.52 bits per heavy atom. The van der Waals surface area contributed by atoms with Crippen LogP contribution >= 0.6 is 11.8 Å². The van der Waals surface area contributed by atoms with Crippen LogP contribution in [0, 0.1) is 6.92 Å². The Kier molecular flexibility index (Phi) is 5.40. The molecule has 5 nitrogen and oxygen atoms in total. The Bertz CT molecular complexity index is 798. The van der Waals surface area contributed by atoms with Crippen molar-refractivity contribution in [2.45, 2.75) is 6.92 Å². The molecule has 0 saturated heterocycles. The number of aryl methyl sites for hydroxylation is 1. The number of rotatable bonds is 4. The van der Waals surface area contributed by atoms with Gasteiger partial charge in [0.1, 0.15) is 0 Å². The maximum Gasteiger partial charge on any atom is 0.291 e. The highest BCUT2D eigenvalue weighted by atomic mass is 32.2. The third-order valence-electron chi connectivity index (χ3n) is 3.59. The third kappa shape index (κ3) is 4.64. The second-order valence-electron chi connectivity index (χ2n) is 5.55. The van der Waals surface area contributed by atoms with Gasteiger partial charge in [-0.05, 0) is 43.3 Å². The fourth-order valence-electron chi connectivity index (χ4n) is 2.23. The molecular weight excluding hydrogens is 336 g/mol. The molecule has 0 fully saturated rings. The predicted molar refractivity (Wildman–Crippen MR) is 101 cm³/mol. The van der Waals surface area contributed by atoms with Crippen LogP contribution in [0.15, 0.2) is 59.7 Å². The van der Waals surface area contributed by atoms with Crippen molar-refractivity contribution in [2.24, 2.45) is 0 Å². The van der Waals surface area contributed by atoms with Crippen LogP contribution in [0.1, 0.15) is 15.9 Å². The van der Waals surface area contributed by atoms with Crippen LogP contribution in [-0.2, 0) is 9.53 Å². The lowest BCUT2D eigenvalue weighted by Gasteiger charge is -2.14. The number of carbonyl (C=O) groups is 2. The maximum atomic E-state index is 12.2. The van der Waals surface area contributed by atoms with E-state index in [0.717, 1.165) is 17.0 Å². The van der Waals surface area contributed by atoms with Gasteiger partial charge >= 0.3 is 0 Å². The van der Waals surface area contributed by atoms with E-state index in [-0.39, 0.29) is 11.8 Å². The highest BCUT2D eigenvalue weighted by Gasteiger charge is 2.14. The van der Waals surface area contributed by atoms with Gasteiger partial charge in [-0.25, -0.2) is 0 Å². The molecule has 2 aromatic rings. The van der Waals surface area contributed by atoms with Gasteiger partial charge in [-0.2, -0.15) is 0 Å². The average Bonchev–Trinajstić information content (AvgIpc) is 2.65. The molecule has 0 saturated carbocycles. The normalized spacial score (nSPS) is 13.4. The third-order valence-corrected chi connectivity index (χ3v) is 4.37. The Morgan fingerprint density at radius 1 is 0.920 bits per heavy atom. The zero-order valence-electron chi connectivity index (χ0n) is 13.7. The summed E-state index contributed by atoms with van der Waals surface area (Å²) in [4.78, 5) is 24.3. The van der Waals surface area contributed by atoms with E-state index in [4.69, 9.17) is 4.74 Å². The summed E-state index contributed by atoms with van der Waals surface area (Å²) in [5.74, 6) is 0.680. The molecule has 0 bridgehead atoms. The van der Waals surface area contributed by atoms with Crippen LogP contribution in [0.5, 0.6) is 0 Å². The van der Waals surface area contributed by atoms with E-state index >= 15 is 0 Å². The van der Waals surface area contributed by atoms with Crippen molar-refractivity contribution in [1.29, 1.82) is 0 Å². The Labute approximate surface area is 150 Å². The van der Waals surface area contributed by atoms with Crippen LogP contribution in [-0.4, -0.2) is 24.2 Å². The maximum absolute atomic E-state index is 12.2. The van der Waals surface area contributed by atoms with Gasteiger partial charge in [-0.1, -0.05) is 17.7 Å². The van der Waals surface area contributed by atoms with E-state index < -0.39 is 0 Å². The molecule has 3 rings (SSSR count). The van der Waals surface area contributed by atoms with E-state index in [1.54, 1.807) is 41.4 Å². The summed E-state index contributed by atoms with van der Waals surface area (Å²) in [5.41, 5.74) is 3.00. The first-order chi connectivity index (χ1) is 12.1. The van der Waals surface area contributed by atoms with Crippen molar-refractivity contribution in [3.63, 3.8) is 0 Å². The van der Waals surface area contributed by atoms with E-state index in [9.17, 15) is 9.59 Å². The van der Waals surface area contributed by atoms with Gasteiger partial charge in [0.2, 0.25) is 0 Å². The van der Waals surface area contributed by atoms with E-state index in [0.29, 0.717) is 23.6 Å². The number of hydrogen-bond donors (Lipinski definition) is 2. The number of anilines is 2. The lowest BCUT2D eigenvalue weighted by molar-refractivity contribution is -0.116. The first kappa shape index (κ1) is 17.1. The second kappa shape index (κ2) is 7.90. The fourth-order valence-corrected chi connectivity index (χ4v) is 2.85. The molecule has 1 heterocycles. The molecule has 2 N–H and O–H groups in total. The van der Waals surface area contributed by atoms with Gasteiger partial charge in [-0.15, -0.1) is 11.8 Å². The summed E-state index contributed by atoms with van der Waals surface area (Å²) >= 11 is 1.55. The van der Waals surface area contributed by atoms with Crippen molar-refractivity contribution in [2.75, 3.05) is 23.0 Å². The minimum atomic E-state index is -0.288. The van der Waals surface area contributed by atoms with Crippen LogP contribution in [0.4, 0.5) is 11.4 Å². The summed E-state index contributed by atoms with van der Waals surface area (Å²) < 4.78 is 5.31. The van der Waals surface area contributed by atoms with Crippen molar-refractivity contribution < 1.29 is 14.3 Å². The summed E-state index contributed by atoms with van der Waals surface area (Å²) in [6, 6.07) is 14.3. The number of ether oxygens (including phenoxy) is 1. The van der Waals surface area contributed by atoms with Gasteiger partial charge < -0.3 is 15.4 Å². The number of carbonyl (C=O) groups excluding carboxylic acids is 2. The molecule has 1 aliphatic heterocycles. The number of benzene rings is 2. The van der Waals surface area contributed by atoms with Crippen LogP contribution in [0.3, 0.4) is 0 Å². The smallest absolute Gasteiger partial charge is 0.291 e. The molecule has 0 aromatic heterocycles. The highest BCUT2D eigenvalue weighted by Crippen LogP contribution is 2.18. The van der Waals surface area contributed by atoms with Crippen LogP contribution < -0.4 is 10.6 Å². The van der Waals surface area contributed by atoms with Crippen LogP contribution in [0.2, 0.25) is 0 Å². The van der Waals surface area contributed by atoms with Crippen molar-refractivity contribution >= 4 is 35.0 Å². The SMILES string of the molecule is Cc1ccc(NC(=O)c2ccc(NC(=O)C3=CSCCO3)cc2)cc1. The van der Waals surface area contributed by atoms with Gasteiger partial charge in [-0.3, -0.25) is 9.59 Å². The van der Waals surface area contributed by atoms with Gasteiger partial charge in [0.05, 0.1) is 6.61 Å². The largest absolute Gasteiger partial charge is 0.487 e. The summed E-state index contributed by atoms with van der Waals surface area (Å²) in [7, 11) is 0. The van der Waals surface area contributed by atoms with Crippen molar-refractivity contribution in [3.05, 3.63) is 70.8 Å². The lowest BCUT2D eigenvalue weighted by atomic mass is 10.1. The van der Waals surface area contributed by atoms with Gasteiger partial charge in [0.25, 0.3) is 11.8 Å². The molecule has 0 atom stereocenters. The zero-order chi connectivity index (χ0) is 17.6. The molecule has 2 amide bonds. The first-order valence-corrected chi connectivity index (χ1v) is 8.91. The Hall–Kier alpha value is -2.73. The number of hydrogen-bond acceptors (Lipinski definition) is 4. The summed E-state index contributed by atoms with van der Waals surface area (Å²) in [5, 5.41) is 7.31. The molecule has 0 radical (unpaired) electrons. The molecule has 2 aromatic carbocycles. The predicted octanol–water partition coefficient (Wildman–Crippen LogP) is 3.79. The Morgan fingerprint density at radius 3 is 2.12 bits per heavy atom. The average molecular weight is 354 g/mol. The summed E-state index contributed by atoms with van der Waals surface area (Å²) in [6.07, 6.45) is 0. The topological polar surface area (TPSA) is 67.4 Å². The standard InChI is InChI=1S/C19H18N2O3S/c1-13-2-6-15(7-3-13)20-18(22)14-4-8-16(9-5-14)21-19(23)17-12-25-11-10-24-17/h2-9,12H,10-11H2,1H3,(H,20,22)(H,21,23). The molecule has 1 aliphatic rings. The fraction of sp³-hybridized carbons (Fsp3) is 0.158. The molecule has 0 aliphatic carbocycles. The number of nitrogens with one attached hydrogen (secondary N) is 2. The monoisotopic (exact) mass is 354 g/mol. The molecular formula is C19H18N2O3S.